The Morgan fingerprint density at radius 1 is 1.07 bits per heavy atom. The molecule has 27 heavy (non-hydrogen) atoms. The fourth-order valence-electron chi connectivity index (χ4n) is 3.40. The van der Waals surface area contributed by atoms with Crippen molar-refractivity contribution in [2.45, 2.75) is 5.92 Å². The monoisotopic (exact) mass is 366 g/mol. The minimum Gasteiger partial charge on any atom is -0.344 e. The van der Waals surface area contributed by atoms with Crippen LogP contribution in [0.2, 0.25) is 0 Å². The van der Waals surface area contributed by atoms with E-state index in [1.165, 1.54) is 0 Å². The molecule has 136 valence electrons. The zero-order valence-corrected chi connectivity index (χ0v) is 14.5. The number of alkyl halides is 2. The molecule has 0 bridgehead atoms. The van der Waals surface area contributed by atoms with Gasteiger partial charge >= 0.3 is 0 Å². The molecule has 1 aliphatic heterocycles. The van der Waals surface area contributed by atoms with Gasteiger partial charge in [0.25, 0.3) is 5.92 Å². The number of halogens is 2. The topological polar surface area (TPSA) is 62.6 Å². The van der Waals surface area contributed by atoms with Gasteiger partial charge in [-0.25, -0.2) is 13.8 Å². The summed E-state index contributed by atoms with van der Waals surface area (Å²) in [6.45, 7) is -0.591. The highest BCUT2D eigenvalue weighted by atomic mass is 19.3. The van der Waals surface area contributed by atoms with Crippen LogP contribution in [0, 0.1) is 0 Å². The number of aromatic nitrogens is 5. The highest BCUT2D eigenvalue weighted by Gasteiger charge is 2.44. The molecular weight excluding hydrogens is 350 g/mol. The van der Waals surface area contributed by atoms with E-state index in [1.807, 2.05) is 43.7 Å². The molecule has 1 aliphatic rings. The summed E-state index contributed by atoms with van der Waals surface area (Å²) in [5.41, 5.74) is 4.57. The summed E-state index contributed by atoms with van der Waals surface area (Å²) >= 11 is 0. The van der Waals surface area contributed by atoms with Crippen LogP contribution in [-0.4, -0.2) is 44.0 Å². The first kappa shape index (κ1) is 15.9. The lowest BCUT2D eigenvalue weighted by atomic mass is 10.0. The Hall–Kier alpha value is -3.29. The lowest BCUT2D eigenvalue weighted by Crippen LogP contribution is -2.56. The molecule has 0 aliphatic carbocycles. The highest BCUT2D eigenvalue weighted by molar-refractivity contribution is 5.95. The number of pyridine rings is 1. The van der Waals surface area contributed by atoms with Crippen LogP contribution in [0.4, 0.5) is 14.6 Å². The summed E-state index contributed by atoms with van der Waals surface area (Å²) in [5.74, 6) is -2.09. The van der Waals surface area contributed by atoms with Crippen LogP contribution in [-0.2, 0) is 7.05 Å². The fourth-order valence-corrected chi connectivity index (χ4v) is 3.40. The first-order valence-electron chi connectivity index (χ1n) is 8.55. The zero-order chi connectivity index (χ0) is 18.6. The molecule has 0 saturated carbocycles. The number of fused-ring (bicyclic) bond motifs is 1. The molecule has 0 radical (unpaired) electrons. The maximum absolute atomic E-state index is 13.2. The number of anilines is 1. The third-order valence-corrected chi connectivity index (χ3v) is 4.79. The van der Waals surface area contributed by atoms with Crippen LogP contribution in [0.15, 0.2) is 48.9 Å². The second-order valence-electron chi connectivity index (χ2n) is 6.85. The van der Waals surface area contributed by atoms with E-state index in [4.69, 9.17) is 0 Å². The molecule has 1 saturated heterocycles. The number of nitrogens with one attached hydrogen (secondary N) is 1. The third kappa shape index (κ3) is 2.73. The van der Waals surface area contributed by atoms with Crippen LogP contribution < -0.4 is 4.90 Å². The van der Waals surface area contributed by atoms with E-state index >= 15 is 0 Å². The number of rotatable bonds is 3. The largest absolute Gasteiger partial charge is 0.344 e. The Morgan fingerprint density at radius 2 is 1.93 bits per heavy atom. The Bertz CT molecular complexity index is 1140. The van der Waals surface area contributed by atoms with Crippen molar-refractivity contribution < 1.29 is 8.78 Å². The van der Waals surface area contributed by atoms with Gasteiger partial charge in [0, 0.05) is 36.0 Å². The van der Waals surface area contributed by atoms with Crippen LogP contribution in [0.5, 0.6) is 0 Å². The van der Waals surface area contributed by atoms with Crippen molar-refractivity contribution in [1.29, 1.82) is 0 Å². The Balaban J connectivity index is 1.55. The van der Waals surface area contributed by atoms with E-state index in [1.54, 1.807) is 15.8 Å². The number of hydrogen-bond donors (Lipinski definition) is 1. The van der Waals surface area contributed by atoms with Crippen molar-refractivity contribution >= 4 is 16.7 Å². The Morgan fingerprint density at radius 3 is 2.67 bits per heavy atom. The average Bonchev–Trinajstić information content (AvgIpc) is 3.25. The van der Waals surface area contributed by atoms with E-state index in [0.29, 0.717) is 5.82 Å². The predicted molar refractivity (Wildman–Crippen MR) is 98.7 cm³/mol. The standard InChI is InChI=1S/C19H16F2N6/c1-26-9-14(8-23-26)12-2-3-16-15(6-12)18(25-24-16)13-4-5-22-17(7-13)27-10-19(20,21)11-27/h2-9H,10-11H2,1H3,(H,24,25). The minimum absolute atomic E-state index is 0.296. The van der Waals surface area contributed by atoms with E-state index < -0.39 is 5.92 Å². The summed E-state index contributed by atoms with van der Waals surface area (Å²) < 4.78 is 28.1. The molecule has 4 heterocycles. The van der Waals surface area contributed by atoms with Gasteiger partial charge in [0.1, 0.15) is 11.5 Å². The molecule has 6 nitrogen and oxygen atoms in total. The SMILES string of the molecule is Cn1cc(-c2ccc3[nH]nc(-c4ccnc(N5CC(F)(F)C5)c4)c3c2)cn1. The van der Waals surface area contributed by atoms with Crippen LogP contribution in [0.3, 0.4) is 0 Å². The molecule has 0 amide bonds. The molecule has 0 atom stereocenters. The molecule has 1 N–H and O–H groups in total. The van der Waals surface area contributed by atoms with Gasteiger partial charge in [-0.2, -0.15) is 10.2 Å². The lowest BCUT2D eigenvalue weighted by Gasteiger charge is -2.39. The maximum atomic E-state index is 13.2. The number of aryl methyl sites for hydroxylation is 1. The van der Waals surface area contributed by atoms with Crippen LogP contribution in [0.25, 0.3) is 33.3 Å². The van der Waals surface area contributed by atoms with Crippen molar-refractivity contribution in [3.05, 3.63) is 48.9 Å². The molecule has 0 unspecified atom stereocenters. The molecule has 5 rings (SSSR count). The second kappa shape index (κ2) is 5.60. The van der Waals surface area contributed by atoms with Crippen molar-refractivity contribution in [3.8, 4) is 22.4 Å². The van der Waals surface area contributed by atoms with Gasteiger partial charge in [0.2, 0.25) is 0 Å². The van der Waals surface area contributed by atoms with Gasteiger partial charge in [-0.05, 0) is 29.8 Å². The first-order chi connectivity index (χ1) is 13.0. The van der Waals surface area contributed by atoms with Crippen molar-refractivity contribution in [1.82, 2.24) is 25.0 Å². The third-order valence-electron chi connectivity index (χ3n) is 4.79. The number of aromatic amines is 1. The van der Waals surface area contributed by atoms with Crippen LogP contribution >= 0.6 is 0 Å². The second-order valence-corrected chi connectivity index (χ2v) is 6.85. The number of nitrogens with zero attached hydrogens (tertiary/aromatic N) is 5. The van der Waals surface area contributed by atoms with Crippen molar-refractivity contribution in [2.24, 2.45) is 7.05 Å². The highest BCUT2D eigenvalue weighted by Crippen LogP contribution is 2.34. The summed E-state index contributed by atoms with van der Waals surface area (Å²) in [5, 5.41) is 12.7. The Labute approximate surface area is 153 Å². The quantitative estimate of drug-likeness (QED) is 0.603. The number of benzene rings is 1. The summed E-state index contributed by atoms with van der Waals surface area (Å²) in [4.78, 5) is 5.80. The number of H-pyrrole nitrogens is 1. The Kier molecular flexibility index (Phi) is 3.30. The number of hydrogen-bond acceptors (Lipinski definition) is 4. The summed E-state index contributed by atoms with van der Waals surface area (Å²) in [7, 11) is 1.88. The van der Waals surface area contributed by atoms with E-state index in [2.05, 4.69) is 26.3 Å². The van der Waals surface area contributed by atoms with Gasteiger partial charge in [0.15, 0.2) is 0 Å². The smallest absolute Gasteiger partial charge is 0.282 e. The van der Waals surface area contributed by atoms with E-state index in [9.17, 15) is 8.78 Å². The molecular formula is C19H16F2N6. The van der Waals surface area contributed by atoms with Crippen LogP contribution in [0.1, 0.15) is 0 Å². The van der Waals surface area contributed by atoms with Gasteiger partial charge in [-0.15, -0.1) is 0 Å². The van der Waals surface area contributed by atoms with Gasteiger partial charge in [-0.1, -0.05) is 6.07 Å². The minimum atomic E-state index is -2.63. The molecule has 0 spiro atoms. The molecule has 3 aromatic heterocycles. The maximum Gasteiger partial charge on any atom is 0.282 e. The average molecular weight is 366 g/mol. The predicted octanol–water partition coefficient (Wildman–Crippen LogP) is 3.48. The van der Waals surface area contributed by atoms with Gasteiger partial charge < -0.3 is 4.90 Å². The first-order valence-corrected chi connectivity index (χ1v) is 8.55. The lowest BCUT2D eigenvalue weighted by molar-refractivity contribution is -0.0266. The molecule has 4 aromatic rings. The molecule has 1 fully saturated rings. The fraction of sp³-hybridized carbons (Fsp3) is 0.211. The van der Waals surface area contributed by atoms with Gasteiger partial charge in [0.05, 0.1) is 24.8 Å². The van der Waals surface area contributed by atoms with Crippen molar-refractivity contribution in [3.63, 3.8) is 0 Å². The normalized spacial score (nSPS) is 15.9. The summed E-state index contributed by atoms with van der Waals surface area (Å²) in [6, 6.07) is 9.70. The zero-order valence-electron chi connectivity index (χ0n) is 14.5. The van der Waals surface area contributed by atoms with Gasteiger partial charge in [-0.3, -0.25) is 9.78 Å². The van der Waals surface area contributed by atoms with Crippen molar-refractivity contribution in [2.75, 3.05) is 18.0 Å². The van der Waals surface area contributed by atoms with E-state index in [-0.39, 0.29) is 13.1 Å². The summed E-state index contributed by atoms with van der Waals surface area (Å²) in [6.07, 6.45) is 5.40. The van der Waals surface area contributed by atoms with E-state index in [0.717, 1.165) is 33.3 Å². The molecule has 1 aromatic carbocycles. The molecule has 8 heteroatoms.